The van der Waals surface area contributed by atoms with Crippen LogP contribution in [-0.2, 0) is 0 Å². The Bertz CT molecular complexity index is 429. The van der Waals surface area contributed by atoms with Crippen LogP contribution in [0.1, 0.15) is 23.2 Å². The van der Waals surface area contributed by atoms with Gasteiger partial charge in [-0.15, -0.1) is 0 Å². The molecular weight excluding hydrogens is 240 g/mol. The number of primary amides is 1. The van der Waals surface area contributed by atoms with E-state index in [-0.39, 0.29) is 6.10 Å². The highest BCUT2D eigenvalue weighted by atomic mass is 35.5. The van der Waals surface area contributed by atoms with Gasteiger partial charge in [0.15, 0.2) is 0 Å². The first-order valence-corrected chi connectivity index (χ1v) is 5.98. The number of anilines is 1. The molecule has 1 aromatic rings. The van der Waals surface area contributed by atoms with Crippen molar-refractivity contribution >= 4 is 23.2 Å². The Hall–Kier alpha value is -1.26. The summed E-state index contributed by atoms with van der Waals surface area (Å²) in [5.74, 6) is -0.478. The van der Waals surface area contributed by atoms with Crippen LogP contribution in [0, 0.1) is 0 Å². The van der Waals surface area contributed by atoms with Gasteiger partial charge in [0.05, 0.1) is 11.7 Å². The molecule has 2 rings (SSSR count). The summed E-state index contributed by atoms with van der Waals surface area (Å²) in [5.41, 5.74) is 6.58. The van der Waals surface area contributed by atoms with Crippen LogP contribution in [0.15, 0.2) is 18.2 Å². The van der Waals surface area contributed by atoms with E-state index in [1.807, 2.05) is 0 Å². The lowest BCUT2D eigenvalue weighted by Gasteiger charge is -2.32. The van der Waals surface area contributed by atoms with E-state index in [1.54, 1.807) is 18.2 Å². The van der Waals surface area contributed by atoms with E-state index in [9.17, 15) is 9.90 Å². The van der Waals surface area contributed by atoms with Crippen molar-refractivity contribution in [2.45, 2.75) is 18.9 Å². The Labute approximate surface area is 105 Å². The molecule has 1 aliphatic rings. The van der Waals surface area contributed by atoms with E-state index >= 15 is 0 Å². The number of aliphatic hydroxyl groups is 1. The van der Waals surface area contributed by atoms with Crippen LogP contribution in [0.25, 0.3) is 0 Å². The van der Waals surface area contributed by atoms with Crippen LogP contribution in [0.3, 0.4) is 0 Å². The maximum Gasteiger partial charge on any atom is 0.250 e. The van der Waals surface area contributed by atoms with Gasteiger partial charge in [0.1, 0.15) is 0 Å². The molecule has 0 bridgehead atoms. The molecule has 0 aromatic heterocycles. The van der Waals surface area contributed by atoms with Crippen LogP contribution >= 0.6 is 11.6 Å². The summed E-state index contributed by atoms with van der Waals surface area (Å²) in [7, 11) is 0. The minimum absolute atomic E-state index is 0.240. The van der Waals surface area contributed by atoms with E-state index in [0.717, 1.165) is 18.8 Å². The minimum Gasteiger partial charge on any atom is -0.393 e. The van der Waals surface area contributed by atoms with Crippen LogP contribution in [0.5, 0.6) is 0 Å². The lowest BCUT2D eigenvalue weighted by atomic mass is 10.0. The summed E-state index contributed by atoms with van der Waals surface area (Å²) in [4.78, 5) is 13.4. The predicted octanol–water partition coefficient (Wildman–Crippen LogP) is 1.40. The van der Waals surface area contributed by atoms with Crippen LogP contribution in [0.4, 0.5) is 5.69 Å². The van der Waals surface area contributed by atoms with Gasteiger partial charge in [-0.05, 0) is 31.0 Å². The fourth-order valence-electron chi connectivity index (χ4n) is 2.09. The Balaban J connectivity index is 2.28. The number of nitrogens with two attached hydrogens (primary N) is 1. The highest BCUT2D eigenvalue weighted by Gasteiger charge is 2.20. The second-order valence-electron chi connectivity index (χ2n) is 4.24. The smallest absolute Gasteiger partial charge is 0.250 e. The molecule has 0 saturated carbocycles. The van der Waals surface area contributed by atoms with Gasteiger partial charge in [-0.3, -0.25) is 4.79 Å². The maximum absolute atomic E-state index is 11.4. The summed E-state index contributed by atoms with van der Waals surface area (Å²) in [6.45, 7) is 1.45. The van der Waals surface area contributed by atoms with E-state index < -0.39 is 5.91 Å². The van der Waals surface area contributed by atoms with Gasteiger partial charge in [0.25, 0.3) is 5.91 Å². The number of benzene rings is 1. The van der Waals surface area contributed by atoms with Gasteiger partial charge in [-0.1, -0.05) is 11.6 Å². The standard InChI is InChI=1S/C12H15ClN2O2/c13-8-1-2-11(10(7-8)12(14)17)15-5-3-9(16)4-6-15/h1-2,7,9,16H,3-6H2,(H2,14,17). The number of aliphatic hydroxyl groups excluding tert-OH is 1. The number of rotatable bonds is 2. The summed E-state index contributed by atoms with van der Waals surface area (Å²) in [6, 6.07) is 5.14. The molecule has 1 amide bonds. The quantitative estimate of drug-likeness (QED) is 0.838. The van der Waals surface area contributed by atoms with Crippen molar-refractivity contribution in [2.75, 3.05) is 18.0 Å². The summed E-state index contributed by atoms with van der Waals surface area (Å²) in [6.07, 6.45) is 1.18. The third kappa shape index (κ3) is 2.70. The van der Waals surface area contributed by atoms with E-state index in [2.05, 4.69) is 4.90 Å². The number of nitrogens with zero attached hydrogens (tertiary/aromatic N) is 1. The SMILES string of the molecule is NC(=O)c1cc(Cl)ccc1N1CCC(O)CC1. The van der Waals surface area contributed by atoms with Gasteiger partial charge in [0.2, 0.25) is 0 Å². The third-order valence-electron chi connectivity index (χ3n) is 3.03. The molecule has 1 aromatic carbocycles. The van der Waals surface area contributed by atoms with Crippen molar-refractivity contribution in [3.63, 3.8) is 0 Å². The first-order chi connectivity index (χ1) is 8.08. The molecule has 1 aliphatic heterocycles. The lowest BCUT2D eigenvalue weighted by Crippen LogP contribution is -2.37. The molecule has 1 heterocycles. The molecule has 0 unspecified atom stereocenters. The van der Waals surface area contributed by atoms with E-state index in [4.69, 9.17) is 17.3 Å². The molecule has 4 nitrogen and oxygen atoms in total. The van der Waals surface area contributed by atoms with Crippen LogP contribution < -0.4 is 10.6 Å². The van der Waals surface area contributed by atoms with Gasteiger partial charge >= 0.3 is 0 Å². The summed E-state index contributed by atoms with van der Waals surface area (Å²) < 4.78 is 0. The maximum atomic E-state index is 11.4. The average molecular weight is 255 g/mol. The van der Waals surface area contributed by atoms with Crippen LogP contribution in [0.2, 0.25) is 5.02 Å². The molecule has 5 heteroatoms. The van der Waals surface area contributed by atoms with Crippen molar-refractivity contribution < 1.29 is 9.90 Å². The second kappa shape index (κ2) is 4.94. The molecule has 92 valence electrons. The number of carbonyl (C=O) groups excluding carboxylic acids is 1. The molecule has 0 spiro atoms. The molecule has 1 saturated heterocycles. The fraction of sp³-hybridized carbons (Fsp3) is 0.417. The molecule has 0 atom stereocenters. The number of carbonyl (C=O) groups is 1. The zero-order chi connectivity index (χ0) is 12.4. The normalized spacial score (nSPS) is 17.2. The van der Waals surface area contributed by atoms with E-state index in [0.29, 0.717) is 23.4 Å². The predicted molar refractivity (Wildman–Crippen MR) is 67.4 cm³/mol. The summed E-state index contributed by atoms with van der Waals surface area (Å²) >= 11 is 5.86. The number of halogens is 1. The zero-order valence-electron chi connectivity index (χ0n) is 9.40. The van der Waals surface area contributed by atoms with Gasteiger partial charge in [-0.2, -0.15) is 0 Å². The minimum atomic E-state index is -0.478. The second-order valence-corrected chi connectivity index (χ2v) is 4.68. The van der Waals surface area contributed by atoms with Crippen molar-refractivity contribution in [1.29, 1.82) is 0 Å². The Morgan fingerprint density at radius 3 is 2.65 bits per heavy atom. The highest BCUT2D eigenvalue weighted by Crippen LogP contribution is 2.26. The third-order valence-corrected chi connectivity index (χ3v) is 3.26. The largest absolute Gasteiger partial charge is 0.393 e. The molecule has 17 heavy (non-hydrogen) atoms. The Morgan fingerprint density at radius 2 is 2.06 bits per heavy atom. The molecule has 3 N–H and O–H groups in total. The lowest BCUT2D eigenvalue weighted by molar-refractivity contribution is 0.100. The first kappa shape index (κ1) is 12.2. The fourth-order valence-corrected chi connectivity index (χ4v) is 2.26. The highest BCUT2D eigenvalue weighted by molar-refractivity contribution is 6.31. The number of amides is 1. The molecule has 0 aliphatic carbocycles. The average Bonchev–Trinajstić information content (AvgIpc) is 2.30. The molecule has 1 fully saturated rings. The zero-order valence-corrected chi connectivity index (χ0v) is 10.2. The van der Waals surface area contributed by atoms with Crippen molar-refractivity contribution in [2.24, 2.45) is 5.73 Å². The topological polar surface area (TPSA) is 66.6 Å². The summed E-state index contributed by atoms with van der Waals surface area (Å²) in [5, 5.41) is 9.96. The van der Waals surface area contributed by atoms with Gasteiger partial charge in [0, 0.05) is 23.8 Å². The van der Waals surface area contributed by atoms with Crippen LogP contribution in [-0.4, -0.2) is 30.2 Å². The van der Waals surface area contributed by atoms with Crippen molar-refractivity contribution in [1.82, 2.24) is 0 Å². The first-order valence-electron chi connectivity index (χ1n) is 5.60. The van der Waals surface area contributed by atoms with E-state index in [1.165, 1.54) is 0 Å². The van der Waals surface area contributed by atoms with Crippen molar-refractivity contribution in [3.05, 3.63) is 28.8 Å². The Morgan fingerprint density at radius 1 is 1.41 bits per heavy atom. The number of piperidine rings is 1. The molecule has 0 radical (unpaired) electrons. The Kier molecular flexibility index (Phi) is 3.54. The number of hydrogen-bond acceptors (Lipinski definition) is 3. The van der Waals surface area contributed by atoms with Gasteiger partial charge in [-0.25, -0.2) is 0 Å². The monoisotopic (exact) mass is 254 g/mol. The number of hydrogen-bond donors (Lipinski definition) is 2. The van der Waals surface area contributed by atoms with Crippen molar-refractivity contribution in [3.8, 4) is 0 Å². The molecular formula is C12H15ClN2O2. The van der Waals surface area contributed by atoms with Gasteiger partial charge < -0.3 is 15.7 Å².